The van der Waals surface area contributed by atoms with E-state index in [9.17, 15) is 9.18 Å². The number of aryl methyl sites for hydroxylation is 2. The van der Waals surface area contributed by atoms with E-state index in [1.54, 1.807) is 36.2 Å². The lowest BCUT2D eigenvalue weighted by Gasteiger charge is -2.36. The van der Waals surface area contributed by atoms with Gasteiger partial charge in [0.15, 0.2) is 0 Å². The summed E-state index contributed by atoms with van der Waals surface area (Å²) in [4.78, 5) is 18.9. The first-order valence-electron chi connectivity index (χ1n) is 7.33. The predicted octanol–water partition coefficient (Wildman–Crippen LogP) is 2.08. The molecule has 3 rings (SSSR count). The molecule has 0 saturated carbocycles. The van der Waals surface area contributed by atoms with Crippen molar-refractivity contribution in [3.05, 3.63) is 53.4 Å². The van der Waals surface area contributed by atoms with Crippen LogP contribution in [0.4, 0.5) is 4.39 Å². The highest BCUT2D eigenvalue weighted by atomic mass is 35.5. The summed E-state index contributed by atoms with van der Waals surface area (Å²) >= 11 is 0. The molecule has 1 aliphatic rings. The Morgan fingerprint density at radius 2 is 2.22 bits per heavy atom. The van der Waals surface area contributed by atoms with Crippen molar-refractivity contribution in [2.45, 2.75) is 13.0 Å². The van der Waals surface area contributed by atoms with E-state index in [-0.39, 0.29) is 29.9 Å². The normalized spacial score (nSPS) is 17.7. The van der Waals surface area contributed by atoms with Crippen LogP contribution in [0.15, 0.2) is 30.6 Å². The van der Waals surface area contributed by atoms with E-state index in [0.717, 1.165) is 5.82 Å². The number of halogens is 2. The van der Waals surface area contributed by atoms with Crippen LogP contribution in [-0.4, -0.2) is 40.0 Å². The van der Waals surface area contributed by atoms with Gasteiger partial charge in [-0.25, -0.2) is 9.37 Å². The Labute approximate surface area is 140 Å². The zero-order chi connectivity index (χ0) is 15.7. The maximum atomic E-state index is 14.3. The van der Waals surface area contributed by atoms with Gasteiger partial charge in [-0.2, -0.15) is 0 Å². The zero-order valence-electron chi connectivity index (χ0n) is 13.1. The van der Waals surface area contributed by atoms with Gasteiger partial charge < -0.3 is 14.8 Å². The lowest BCUT2D eigenvalue weighted by atomic mass is 10.1. The van der Waals surface area contributed by atoms with Crippen LogP contribution < -0.4 is 5.32 Å². The Morgan fingerprint density at radius 1 is 1.43 bits per heavy atom. The van der Waals surface area contributed by atoms with E-state index in [2.05, 4.69) is 10.3 Å². The van der Waals surface area contributed by atoms with Crippen LogP contribution in [0.25, 0.3) is 0 Å². The van der Waals surface area contributed by atoms with Gasteiger partial charge in [0, 0.05) is 39.1 Å². The average Bonchev–Trinajstić information content (AvgIpc) is 2.95. The summed E-state index contributed by atoms with van der Waals surface area (Å²) in [6.45, 7) is 3.51. The largest absolute Gasteiger partial charge is 0.336 e. The van der Waals surface area contributed by atoms with E-state index in [4.69, 9.17) is 0 Å². The molecule has 1 saturated heterocycles. The van der Waals surface area contributed by atoms with E-state index in [1.165, 1.54) is 0 Å². The van der Waals surface area contributed by atoms with Crippen molar-refractivity contribution in [1.29, 1.82) is 0 Å². The summed E-state index contributed by atoms with van der Waals surface area (Å²) in [5.41, 5.74) is 0.607. The second-order valence-electron chi connectivity index (χ2n) is 5.55. The number of rotatable bonds is 2. The third kappa shape index (κ3) is 3.23. The Kier molecular flexibility index (Phi) is 5.38. The van der Waals surface area contributed by atoms with Crippen molar-refractivity contribution in [3.8, 4) is 0 Å². The van der Waals surface area contributed by atoms with Gasteiger partial charge in [0.1, 0.15) is 17.7 Å². The number of hydrogen-bond acceptors (Lipinski definition) is 3. The molecule has 2 heterocycles. The molecule has 0 spiro atoms. The second kappa shape index (κ2) is 7.10. The summed E-state index contributed by atoms with van der Waals surface area (Å²) in [6, 6.07) is 4.73. The quantitative estimate of drug-likeness (QED) is 0.912. The van der Waals surface area contributed by atoms with E-state index >= 15 is 0 Å². The zero-order valence-corrected chi connectivity index (χ0v) is 13.9. The molecule has 1 amide bonds. The number of carbonyl (C=O) groups excluding carboxylic acids is 1. The molecule has 1 aromatic carbocycles. The highest BCUT2D eigenvalue weighted by molar-refractivity contribution is 5.95. The van der Waals surface area contributed by atoms with Crippen molar-refractivity contribution < 1.29 is 9.18 Å². The highest BCUT2D eigenvalue weighted by Crippen LogP contribution is 2.24. The molecule has 7 heteroatoms. The van der Waals surface area contributed by atoms with Crippen LogP contribution in [0.2, 0.25) is 0 Å². The number of hydrogen-bond donors (Lipinski definition) is 1. The minimum Gasteiger partial charge on any atom is -0.336 e. The van der Waals surface area contributed by atoms with Crippen molar-refractivity contribution in [1.82, 2.24) is 19.8 Å². The molecule has 1 fully saturated rings. The molecule has 1 atom stereocenters. The fourth-order valence-corrected chi connectivity index (χ4v) is 2.84. The van der Waals surface area contributed by atoms with Crippen LogP contribution in [0.3, 0.4) is 0 Å². The Balaban J connectivity index is 0.00000192. The van der Waals surface area contributed by atoms with Gasteiger partial charge in [0.2, 0.25) is 0 Å². The lowest BCUT2D eigenvalue weighted by Crippen LogP contribution is -2.49. The van der Waals surface area contributed by atoms with Gasteiger partial charge in [-0.15, -0.1) is 12.4 Å². The summed E-state index contributed by atoms with van der Waals surface area (Å²) in [5.74, 6) is 0.0777. The second-order valence-corrected chi connectivity index (χ2v) is 5.55. The third-order valence-electron chi connectivity index (χ3n) is 4.08. The van der Waals surface area contributed by atoms with Crippen molar-refractivity contribution >= 4 is 18.3 Å². The number of aromatic nitrogens is 2. The summed E-state index contributed by atoms with van der Waals surface area (Å²) in [5, 5.41) is 3.27. The smallest absolute Gasteiger partial charge is 0.257 e. The topological polar surface area (TPSA) is 50.2 Å². The van der Waals surface area contributed by atoms with Crippen molar-refractivity contribution in [2.24, 2.45) is 7.05 Å². The summed E-state index contributed by atoms with van der Waals surface area (Å²) < 4.78 is 16.2. The fraction of sp³-hybridized carbons (Fsp3) is 0.375. The Hall–Kier alpha value is -1.92. The molecule has 5 nitrogen and oxygen atoms in total. The number of carbonyl (C=O) groups is 1. The number of imidazole rings is 1. The van der Waals surface area contributed by atoms with Gasteiger partial charge in [0.25, 0.3) is 5.91 Å². The number of piperazine rings is 1. The average molecular weight is 339 g/mol. The molecule has 1 aromatic heterocycles. The van der Waals surface area contributed by atoms with Crippen LogP contribution in [0.5, 0.6) is 0 Å². The monoisotopic (exact) mass is 338 g/mol. The van der Waals surface area contributed by atoms with E-state index in [1.807, 2.05) is 17.8 Å². The minimum atomic E-state index is -0.440. The first-order chi connectivity index (χ1) is 10.6. The standard InChI is InChI=1S/C16H19FN4O.ClH/c1-11-4-3-5-12(14(11)17)16(22)21-9-6-18-10-13(21)15-19-7-8-20(15)2;/h3-5,7-8,13,18H,6,9-10H2,1-2H3;1H. The molecule has 1 unspecified atom stereocenters. The van der Waals surface area contributed by atoms with Gasteiger partial charge in [-0.1, -0.05) is 12.1 Å². The number of nitrogens with one attached hydrogen (secondary N) is 1. The van der Waals surface area contributed by atoms with Crippen LogP contribution in [-0.2, 0) is 7.05 Å². The predicted molar refractivity (Wildman–Crippen MR) is 88.2 cm³/mol. The van der Waals surface area contributed by atoms with Gasteiger partial charge in [-0.3, -0.25) is 4.79 Å². The highest BCUT2D eigenvalue weighted by Gasteiger charge is 2.32. The summed E-state index contributed by atoms with van der Waals surface area (Å²) in [7, 11) is 1.90. The van der Waals surface area contributed by atoms with Crippen LogP contribution in [0.1, 0.15) is 27.8 Å². The third-order valence-corrected chi connectivity index (χ3v) is 4.08. The fourth-order valence-electron chi connectivity index (χ4n) is 2.84. The molecule has 0 radical (unpaired) electrons. The van der Waals surface area contributed by atoms with Crippen LogP contribution in [0, 0.1) is 12.7 Å². The van der Waals surface area contributed by atoms with Gasteiger partial charge in [0.05, 0.1) is 5.56 Å². The maximum absolute atomic E-state index is 14.3. The van der Waals surface area contributed by atoms with Gasteiger partial charge >= 0.3 is 0 Å². The number of benzene rings is 1. The molecule has 23 heavy (non-hydrogen) atoms. The number of nitrogens with zero attached hydrogens (tertiary/aromatic N) is 3. The first kappa shape index (κ1) is 17.4. The van der Waals surface area contributed by atoms with Gasteiger partial charge in [-0.05, 0) is 18.6 Å². The van der Waals surface area contributed by atoms with Crippen molar-refractivity contribution in [2.75, 3.05) is 19.6 Å². The molecule has 1 N–H and O–H groups in total. The Bertz CT molecular complexity index is 703. The molecular formula is C16H20ClFN4O. The van der Waals surface area contributed by atoms with E-state index < -0.39 is 5.82 Å². The molecular weight excluding hydrogens is 319 g/mol. The maximum Gasteiger partial charge on any atom is 0.257 e. The lowest BCUT2D eigenvalue weighted by molar-refractivity contribution is 0.0616. The van der Waals surface area contributed by atoms with E-state index in [0.29, 0.717) is 25.2 Å². The molecule has 1 aliphatic heterocycles. The molecule has 0 aliphatic carbocycles. The first-order valence-corrected chi connectivity index (χ1v) is 7.33. The van der Waals surface area contributed by atoms with Crippen LogP contribution >= 0.6 is 12.4 Å². The molecule has 0 bridgehead atoms. The minimum absolute atomic E-state index is 0. The SMILES string of the molecule is Cc1cccc(C(=O)N2CCNCC2c2nccn2C)c1F.Cl. The number of amides is 1. The molecule has 124 valence electrons. The molecule has 2 aromatic rings. The summed E-state index contributed by atoms with van der Waals surface area (Å²) in [6.07, 6.45) is 3.56. The van der Waals surface area contributed by atoms with Crippen molar-refractivity contribution in [3.63, 3.8) is 0 Å². The Morgan fingerprint density at radius 3 is 2.91 bits per heavy atom.